The molecule has 0 aliphatic carbocycles. The molecule has 2 aromatic rings. The number of piperazine rings is 1. The monoisotopic (exact) mass is 333 g/mol. The first-order valence-corrected chi connectivity index (χ1v) is 9.50. The molecule has 3 heterocycles. The molecule has 5 nitrogen and oxygen atoms in total. The lowest BCUT2D eigenvalue weighted by molar-refractivity contribution is 0.0954. The molecule has 6 heteroatoms. The zero-order valence-electron chi connectivity index (χ0n) is 14.4. The molecular formula is C17H27N5S. The molecular weight excluding hydrogens is 306 g/mol. The minimum Gasteiger partial charge on any atom is -0.314 e. The fraction of sp³-hybridized carbons (Fsp3) is 0.647. The third-order valence-corrected chi connectivity index (χ3v) is 5.51. The first-order valence-electron chi connectivity index (χ1n) is 8.56. The van der Waals surface area contributed by atoms with Crippen molar-refractivity contribution in [2.24, 2.45) is 0 Å². The summed E-state index contributed by atoms with van der Waals surface area (Å²) in [5.41, 5.74) is 1.45. The Kier molecular flexibility index (Phi) is 5.46. The summed E-state index contributed by atoms with van der Waals surface area (Å²) in [6.07, 6.45) is 1.12. The number of hydrogen-bond donors (Lipinski definition) is 0. The summed E-state index contributed by atoms with van der Waals surface area (Å²) in [4.78, 5) is 5.09. The Morgan fingerprint density at radius 2 is 2.00 bits per heavy atom. The molecule has 1 aliphatic heterocycles. The number of rotatable bonds is 6. The van der Waals surface area contributed by atoms with Crippen molar-refractivity contribution in [2.75, 3.05) is 26.2 Å². The highest BCUT2D eigenvalue weighted by molar-refractivity contribution is 7.07. The van der Waals surface area contributed by atoms with Crippen LogP contribution in [0.2, 0.25) is 0 Å². The molecule has 2 aromatic heterocycles. The van der Waals surface area contributed by atoms with E-state index in [4.69, 9.17) is 0 Å². The first kappa shape index (κ1) is 16.6. The first-order chi connectivity index (χ1) is 11.2. The number of aryl methyl sites for hydroxylation is 1. The molecule has 0 N–H and O–H groups in total. The molecule has 3 rings (SSSR count). The summed E-state index contributed by atoms with van der Waals surface area (Å²) >= 11 is 1.79. The van der Waals surface area contributed by atoms with Gasteiger partial charge in [0.05, 0.1) is 6.54 Å². The maximum absolute atomic E-state index is 4.38. The maximum Gasteiger partial charge on any atom is 0.147 e. The van der Waals surface area contributed by atoms with Crippen LogP contribution in [0.5, 0.6) is 0 Å². The lowest BCUT2D eigenvalue weighted by Crippen LogP contribution is -2.46. The average Bonchev–Trinajstić information content (AvgIpc) is 3.21. The standard InChI is InChI=1S/C17H27N5S/c1-4-6-22-15(3)18-19-17(22)12-20-7-9-21(10-8-20)14(2)16-5-11-23-13-16/h5,11,13-14H,4,6-10,12H2,1-3H3/t14-/m0/s1. The van der Waals surface area contributed by atoms with Gasteiger partial charge >= 0.3 is 0 Å². The third-order valence-electron chi connectivity index (χ3n) is 4.80. The fourth-order valence-corrected chi connectivity index (χ4v) is 4.04. The van der Waals surface area contributed by atoms with Gasteiger partial charge in [0, 0.05) is 38.8 Å². The average molecular weight is 334 g/mol. The lowest BCUT2D eigenvalue weighted by Gasteiger charge is -2.37. The van der Waals surface area contributed by atoms with E-state index in [2.05, 4.69) is 55.2 Å². The van der Waals surface area contributed by atoms with Crippen LogP contribution in [-0.4, -0.2) is 50.7 Å². The Morgan fingerprint density at radius 1 is 1.22 bits per heavy atom. The zero-order valence-corrected chi connectivity index (χ0v) is 15.2. The molecule has 1 atom stereocenters. The van der Waals surface area contributed by atoms with E-state index in [-0.39, 0.29) is 0 Å². The summed E-state index contributed by atoms with van der Waals surface area (Å²) in [7, 11) is 0. The highest BCUT2D eigenvalue weighted by Gasteiger charge is 2.23. The minimum absolute atomic E-state index is 0.523. The van der Waals surface area contributed by atoms with Gasteiger partial charge in [0.15, 0.2) is 0 Å². The molecule has 126 valence electrons. The van der Waals surface area contributed by atoms with E-state index in [1.54, 1.807) is 11.3 Å². The summed E-state index contributed by atoms with van der Waals surface area (Å²) < 4.78 is 2.26. The number of hydrogen-bond acceptors (Lipinski definition) is 5. The van der Waals surface area contributed by atoms with Crippen LogP contribution >= 0.6 is 11.3 Å². The number of thiophene rings is 1. The van der Waals surface area contributed by atoms with Gasteiger partial charge in [-0.3, -0.25) is 9.80 Å². The Balaban J connectivity index is 1.55. The molecule has 0 spiro atoms. The molecule has 0 unspecified atom stereocenters. The molecule has 1 aliphatic rings. The van der Waals surface area contributed by atoms with E-state index in [0.29, 0.717) is 6.04 Å². The van der Waals surface area contributed by atoms with Crippen molar-refractivity contribution in [3.63, 3.8) is 0 Å². The van der Waals surface area contributed by atoms with Crippen molar-refractivity contribution < 1.29 is 0 Å². The van der Waals surface area contributed by atoms with Crippen molar-refractivity contribution in [2.45, 2.75) is 46.3 Å². The van der Waals surface area contributed by atoms with Gasteiger partial charge in [-0.15, -0.1) is 10.2 Å². The summed E-state index contributed by atoms with van der Waals surface area (Å²) in [5.74, 6) is 2.15. The SMILES string of the molecule is CCCn1c(C)nnc1CN1CCN([C@@H](C)c2ccsc2)CC1. The third kappa shape index (κ3) is 3.82. The van der Waals surface area contributed by atoms with E-state index in [1.807, 2.05) is 6.92 Å². The molecule has 1 fully saturated rings. The molecule has 23 heavy (non-hydrogen) atoms. The van der Waals surface area contributed by atoms with Crippen LogP contribution < -0.4 is 0 Å². The van der Waals surface area contributed by atoms with Gasteiger partial charge in [0.1, 0.15) is 11.6 Å². The summed E-state index contributed by atoms with van der Waals surface area (Å²) in [6.45, 7) is 13.0. The summed E-state index contributed by atoms with van der Waals surface area (Å²) in [6, 6.07) is 2.77. The number of aromatic nitrogens is 3. The van der Waals surface area contributed by atoms with E-state index in [9.17, 15) is 0 Å². The van der Waals surface area contributed by atoms with Crippen LogP contribution in [0.15, 0.2) is 16.8 Å². The number of nitrogens with zero attached hydrogens (tertiary/aromatic N) is 5. The van der Waals surface area contributed by atoms with Crippen molar-refractivity contribution >= 4 is 11.3 Å². The fourth-order valence-electron chi connectivity index (χ4n) is 3.29. The van der Waals surface area contributed by atoms with E-state index in [0.717, 1.165) is 57.3 Å². The second-order valence-corrected chi connectivity index (χ2v) is 7.14. The van der Waals surface area contributed by atoms with Crippen LogP contribution in [0.25, 0.3) is 0 Å². The Hall–Kier alpha value is -1.24. The highest BCUT2D eigenvalue weighted by Crippen LogP contribution is 2.23. The minimum atomic E-state index is 0.523. The normalized spacial score (nSPS) is 18.4. The van der Waals surface area contributed by atoms with Crippen LogP contribution in [0, 0.1) is 6.92 Å². The topological polar surface area (TPSA) is 37.2 Å². The largest absolute Gasteiger partial charge is 0.314 e. The molecule has 0 aromatic carbocycles. The maximum atomic E-state index is 4.38. The van der Waals surface area contributed by atoms with E-state index < -0.39 is 0 Å². The molecule has 0 saturated carbocycles. The predicted molar refractivity (Wildman–Crippen MR) is 94.6 cm³/mol. The zero-order chi connectivity index (χ0) is 16.2. The van der Waals surface area contributed by atoms with Crippen molar-refractivity contribution in [3.05, 3.63) is 34.0 Å². The molecule has 0 radical (unpaired) electrons. The van der Waals surface area contributed by atoms with Crippen molar-refractivity contribution in [1.29, 1.82) is 0 Å². The van der Waals surface area contributed by atoms with Gasteiger partial charge in [0.25, 0.3) is 0 Å². The quantitative estimate of drug-likeness (QED) is 0.814. The van der Waals surface area contributed by atoms with Crippen LogP contribution in [0.1, 0.15) is 43.5 Å². The molecule has 0 bridgehead atoms. The van der Waals surface area contributed by atoms with Crippen LogP contribution in [0.4, 0.5) is 0 Å². The van der Waals surface area contributed by atoms with Crippen molar-refractivity contribution in [1.82, 2.24) is 24.6 Å². The van der Waals surface area contributed by atoms with E-state index >= 15 is 0 Å². The van der Waals surface area contributed by atoms with Crippen LogP contribution in [0.3, 0.4) is 0 Å². The van der Waals surface area contributed by atoms with E-state index in [1.165, 1.54) is 5.56 Å². The smallest absolute Gasteiger partial charge is 0.147 e. The highest BCUT2D eigenvalue weighted by atomic mass is 32.1. The molecule has 0 amide bonds. The van der Waals surface area contributed by atoms with Gasteiger partial charge in [-0.25, -0.2) is 0 Å². The Morgan fingerprint density at radius 3 is 2.65 bits per heavy atom. The van der Waals surface area contributed by atoms with Crippen LogP contribution in [-0.2, 0) is 13.1 Å². The van der Waals surface area contributed by atoms with Gasteiger partial charge in [-0.1, -0.05) is 6.92 Å². The Labute approximate surface area is 142 Å². The molecule has 1 saturated heterocycles. The Bertz CT molecular complexity index is 599. The summed E-state index contributed by atoms with van der Waals surface area (Å²) in [5, 5.41) is 13.1. The lowest BCUT2D eigenvalue weighted by atomic mass is 10.1. The van der Waals surface area contributed by atoms with Gasteiger partial charge in [0.2, 0.25) is 0 Å². The van der Waals surface area contributed by atoms with Crippen molar-refractivity contribution in [3.8, 4) is 0 Å². The van der Waals surface area contributed by atoms with Gasteiger partial charge in [-0.2, -0.15) is 11.3 Å². The van der Waals surface area contributed by atoms with Gasteiger partial charge in [-0.05, 0) is 42.7 Å². The second-order valence-electron chi connectivity index (χ2n) is 6.36. The second kappa shape index (κ2) is 7.55. The van der Waals surface area contributed by atoms with Gasteiger partial charge < -0.3 is 4.57 Å². The predicted octanol–water partition coefficient (Wildman–Crippen LogP) is 2.94.